The minimum Gasteiger partial charge on any atom is -0.462 e. The van der Waals surface area contributed by atoms with Gasteiger partial charge in [0.05, 0.1) is 42.5 Å². The summed E-state index contributed by atoms with van der Waals surface area (Å²) in [4.78, 5) is 64.5. The first-order valence-corrected chi connectivity index (χ1v) is 15.7. The maximum absolute atomic E-state index is 14.1. The van der Waals surface area contributed by atoms with Crippen molar-refractivity contribution < 1.29 is 63.0 Å². The lowest BCUT2D eigenvalue weighted by atomic mass is 9.33. The number of rotatable bonds is 4. The van der Waals surface area contributed by atoms with E-state index in [2.05, 4.69) is 0 Å². The Morgan fingerprint density at radius 3 is 2.22 bits per heavy atom. The van der Waals surface area contributed by atoms with Gasteiger partial charge in [-0.15, -0.1) is 0 Å². The first kappa shape index (κ1) is 31.6. The third kappa shape index (κ3) is 3.26. The highest BCUT2D eigenvalue weighted by atomic mass is 16.6. The van der Waals surface area contributed by atoms with Gasteiger partial charge in [0.1, 0.15) is 23.9 Å². The molecule has 3 aliphatic heterocycles. The van der Waals surface area contributed by atoms with Gasteiger partial charge in [0.25, 0.3) is 0 Å². The third-order valence-electron chi connectivity index (χ3n) is 13.4. The van der Waals surface area contributed by atoms with Gasteiger partial charge in [-0.2, -0.15) is 0 Å². The fraction of sp³-hybridized carbons (Fsp3) is 0.727. The van der Waals surface area contributed by atoms with E-state index in [1.54, 1.807) is 26.8 Å². The summed E-state index contributed by atoms with van der Waals surface area (Å²) in [6.07, 6.45) is -6.09. The second-order valence-electron chi connectivity index (χ2n) is 15.1. The molecule has 1 spiro atoms. The highest BCUT2D eigenvalue weighted by Crippen LogP contribution is 2.82. The van der Waals surface area contributed by atoms with Gasteiger partial charge in [-0.25, -0.2) is 14.4 Å². The summed E-state index contributed by atoms with van der Waals surface area (Å²) >= 11 is 0. The van der Waals surface area contributed by atoms with E-state index in [1.807, 2.05) is 13.8 Å². The van der Waals surface area contributed by atoms with Gasteiger partial charge in [0, 0.05) is 58.5 Å². The largest absolute Gasteiger partial charge is 0.462 e. The van der Waals surface area contributed by atoms with Crippen molar-refractivity contribution in [1.82, 2.24) is 0 Å². The number of fused-ring (bicyclic) bond motifs is 2. The number of esters is 4. The normalized spacial score (nSPS) is 53.4. The molecule has 15 unspecified atom stereocenters. The molecule has 0 aromatic heterocycles. The van der Waals surface area contributed by atoms with Gasteiger partial charge in [0.2, 0.25) is 0 Å². The second kappa shape index (κ2) is 9.34. The fourth-order valence-corrected chi connectivity index (χ4v) is 11.5. The first-order valence-electron chi connectivity index (χ1n) is 15.7. The Morgan fingerprint density at radius 2 is 1.63 bits per heavy atom. The van der Waals surface area contributed by atoms with Crippen LogP contribution in [0.2, 0.25) is 0 Å². The highest BCUT2D eigenvalue weighted by molar-refractivity contribution is 6.14. The van der Waals surface area contributed by atoms with Crippen LogP contribution in [-0.2, 0) is 47.7 Å². The number of epoxide rings is 1. The van der Waals surface area contributed by atoms with Gasteiger partial charge >= 0.3 is 23.9 Å². The van der Waals surface area contributed by atoms with Gasteiger partial charge in [-0.3, -0.25) is 9.59 Å². The van der Waals surface area contributed by atoms with E-state index < -0.39 is 117 Å². The molecule has 0 aromatic rings. The summed E-state index contributed by atoms with van der Waals surface area (Å²) in [6.45, 7) is 11.6. The molecule has 2 saturated heterocycles. The molecule has 46 heavy (non-hydrogen) atoms. The molecule has 0 aromatic carbocycles. The number of aliphatic hydroxyl groups is 3. The molecule has 0 bridgehead atoms. The smallest absolute Gasteiger partial charge is 0.342 e. The standard InChI is InChI=1S/C33H40O13/c1-8-12(2)27(40)44-16-10-15(43-13(3)34)29(4)11-42-21-23(29)30(16,5)22-20(37)24(38)31(6)18(14-9-17(35)45-28(14)41)19(36)26-33(31,46-26)32(22,7)25(21)39/h8-9,15-16,18,20-26,37-39H,10-11H2,1-7H3. The average molecular weight is 645 g/mol. The number of carbonyl (C=O) groups is 5. The number of hydrogen-bond donors (Lipinski definition) is 3. The van der Waals surface area contributed by atoms with Crippen LogP contribution >= 0.6 is 0 Å². The molecule has 4 saturated carbocycles. The Balaban J connectivity index is 1.43. The zero-order chi connectivity index (χ0) is 33.7. The molecule has 3 heterocycles. The lowest BCUT2D eigenvalue weighted by Gasteiger charge is -2.71. The molecule has 6 fully saturated rings. The number of aliphatic hydroxyl groups excluding tert-OH is 3. The summed E-state index contributed by atoms with van der Waals surface area (Å²) in [5.74, 6) is -6.79. The van der Waals surface area contributed by atoms with Crippen molar-refractivity contribution in [3.8, 4) is 0 Å². The molecular formula is C33H40O13. The van der Waals surface area contributed by atoms with E-state index >= 15 is 0 Å². The van der Waals surface area contributed by atoms with E-state index in [0.717, 1.165) is 6.08 Å². The van der Waals surface area contributed by atoms with Crippen molar-refractivity contribution >= 4 is 29.7 Å². The summed E-state index contributed by atoms with van der Waals surface area (Å²) < 4.78 is 29.4. The van der Waals surface area contributed by atoms with Crippen LogP contribution in [0.4, 0.5) is 0 Å². The van der Waals surface area contributed by atoms with Gasteiger partial charge in [-0.1, -0.05) is 33.8 Å². The monoisotopic (exact) mass is 644 g/mol. The van der Waals surface area contributed by atoms with Crippen LogP contribution < -0.4 is 0 Å². The van der Waals surface area contributed by atoms with Crippen LogP contribution in [0.1, 0.15) is 54.9 Å². The van der Waals surface area contributed by atoms with Crippen LogP contribution in [0, 0.1) is 39.4 Å². The van der Waals surface area contributed by atoms with Crippen molar-refractivity contribution in [3.05, 3.63) is 23.3 Å². The summed E-state index contributed by atoms with van der Waals surface area (Å²) in [7, 11) is 0. The molecule has 13 heteroatoms. The molecule has 250 valence electrons. The Labute approximate surface area is 265 Å². The number of ether oxygens (including phenoxy) is 5. The minimum absolute atomic E-state index is 0.0460. The van der Waals surface area contributed by atoms with Crippen LogP contribution in [0.5, 0.6) is 0 Å². The SMILES string of the molecule is CC=C(C)C(=O)OC1CC(OC(C)=O)C2(C)COC3C2C1(C)C1C(O)C(O)C2(C)C(C4=CC(=O)OC4=O)C(=O)C4OC42C1(C)C3O. The Hall–Kier alpha value is -2.97. The number of allylic oxidation sites excluding steroid dienone is 1. The van der Waals surface area contributed by atoms with E-state index in [4.69, 9.17) is 23.7 Å². The van der Waals surface area contributed by atoms with Gasteiger partial charge < -0.3 is 39.0 Å². The number of Topliss-reactive ketones (excluding diaryl/α,β-unsaturated/α-hetero) is 1. The molecule has 0 amide bonds. The molecule has 15 atom stereocenters. The molecule has 13 nitrogen and oxygen atoms in total. The van der Waals surface area contributed by atoms with Crippen LogP contribution in [0.25, 0.3) is 0 Å². The van der Waals surface area contributed by atoms with Gasteiger partial charge in [0.15, 0.2) is 5.78 Å². The molecule has 3 N–H and O–H groups in total. The lowest BCUT2D eigenvalue weighted by Crippen LogP contribution is -2.81. The van der Waals surface area contributed by atoms with Crippen LogP contribution in [-0.4, -0.2) is 99.9 Å². The summed E-state index contributed by atoms with van der Waals surface area (Å²) in [6, 6.07) is 0. The molecule has 4 aliphatic carbocycles. The quantitative estimate of drug-likeness (QED) is 0.125. The first-order chi connectivity index (χ1) is 21.4. The van der Waals surface area contributed by atoms with Crippen LogP contribution in [0.15, 0.2) is 23.3 Å². The zero-order valence-electron chi connectivity index (χ0n) is 26.8. The van der Waals surface area contributed by atoms with E-state index in [-0.39, 0.29) is 18.6 Å². The number of cyclic esters (lactones) is 2. The maximum Gasteiger partial charge on any atom is 0.342 e. The summed E-state index contributed by atoms with van der Waals surface area (Å²) in [5.41, 5.74) is -6.88. The second-order valence-corrected chi connectivity index (χ2v) is 15.1. The predicted molar refractivity (Wildman–Crippen MR) is 152 cm³/mol. The molecule has 7 rings (SSSR count). The number of carbonyl (C=O) groups excluding carboxylic acids is 5. The average Bonchev–Trinajstić information content (AvgIpc) is 3.46. The van der Waals surface area contributed by atoms with Crippen molar-refractivity contribution in [2.75, 3.05) is 6.61 Å². The number of hydrogen-bond acceptors (Lipinski definition) is 13. The van der Waals surface area contributed by atoms with Gasteiger partial charge in [-0.05, 0) is 13.8 Å². The highest BCUT2D eigenvalue weighted by Gasteiger charge is 2.95. The lowest BCUT2D eigenvalue weighted by molar-refractivity contribution is -0.334. The predicted octanol–water partition coefficient (Wildman–Crippen LogP) is 0.312. The van der Waals surface area contributed by atoms with Crippen molar-refractivity contribution in [2.24, 2.45) is 39.4 Å². The fourth-order valence-electron chi connectivity index (χ4n) is 11.5. The van der Waals surface area contributed by atoms with Crippen molar-refractivity contribution in [1.29, 1.82) is 0 Å². The van der Waals surface area contributed by atoms with Crippen LogP contribution in [0.3, 0.4) is 0 Å². The van der Waals surface area contributed by atoms with E-state index in [0.29, 0.717) is 5.57 Å². The number of ketones is 1. The molecule has 7 aliphatic rings. The van der Waals surface area contributed by atoms with Crippen molar-refractivity contribution in [2.45, 2.75) is 103 Å². The van der Waals surface area contributed by atoms with E-state index in [1.165, 1.54) is 13.8 Å². The third-order valence-corrected chi connectivity index (χ3v) is 13.4. The molecular weight excluding hydrogens is 604 g/mol. The topological polar surface area (TPSA) is 195 Å². The van der Waals surface area contributed by atoms with E-state index in [9.17, 15) is 39.3 Å². The Morgan fingerprint density at radius 1 is 0.957 bits per heavy atom. The summed E-state index contributed by atoms with van der Waals surface area (Å²) in [5, 5.41) is 37.0. The molecule has 0 radical (unpaired) electrons. The van der Waals surface area contributed by atoms with Crippen molar-refractivity contribution in [3.63, 3.8) is 0 Å². The zero-order valence-corrected chi connectivity index (χ0v) is 26.8. The minimum atomic E-state index is -1.70. The Kier molecular flexibility index (Phi) is 6.42. The Bertz CT molecular complexity index is 1550. The maximum atomic E-state index is 14.1.